The van der Waals surface area contributed by atoms with Gasteiger partial charge in [0.05, 0.1) is 23.5 Å². The van der Waals surface area contributed by atoms with E-state index in [0.29, 0.717) is 23.9 Å². The van der Waals surface area contributed by atoms with Gasteiger partial charge in [-0.15, -0.1) is 0 Å². The van der Waals surface area contributed by atoms with Crippen molar-refractivity contribution >= 4 is 40.9 Å². The molecule has 2 heterocycles. The second kappa shape index (κ2) is 9.67. The highest BCUT2D eigenvalue weighted by Gasteiger charge is 2.28. The molecule has 0 unspecified atom stereocenters. The van der Waals surface area contributed by atoms with Crippen molar-refractivity contribution in [3.05, 3.63) is 39.9 Å². The molecule has 0 radical (unpaired) electrons. The Morgan fingerprint density at radius 3 is 2.71 bits per heavy atom. The minimum atomic E-state index is -0.393. The number of halogens is 1. The van der Waals surface area contributed by atoms with Gasteiger partial charge in [0.25, 0.3) is 0 Å². The zero-order valence-electron chi connectivity index (χ0n) is 16.3. The Balaban J connectivity index is 1.52. The largest absolute Gasteiger partial charge is 0.463 e. The molecule has 2 aliphatic heterocycles. The minimum Gasteiger partial charge on any atom is -0.463 e. The van der Waals surface area contributed by atoms with Crippen LogP contribution in [0.4, 0.5) is 5.69 Å². The van der Waals surface area contributed by atoms with Gasteiger partial charge in [-0.3, -0.25) is 9.69 Å². The lowest BCUT2D eigenvalue weighted by atomic mass is 10.1. The summed E-state index contributed by atoms with van der Waals surface area (Å²) in [6.07, 6.45) is 1.43. The quantitative estimate of drug-likeness (QED) is 0.518. The Hall–Kier alpha value is -1.70. The molecule has 8 heteroatoms. The summed E-state index contributed by atoms with van der Waals surface area (Å²) in [7, 11) is 0. The first-order valence-electron chi connectivity index (χ1n) is 9.53. The van der Waals surface area contributed by atoms with Crippen LogP contribution >= 0.6 is 23.4 Å². The van der Waals surface area contributed by atoms with Crippen molar-refractivity contribution in [3.8, 4) is 0 Å². The molecule has 0 aromatic heterocycles. The van der Waals surface area contributed by atoms with Gasteiger partial charge in [0.2, 0.25) is 5.91 Å². The third kappa shape index (κ3) is 5.21. The van der Waals surface area contributed by atoms with E-state index >= 15 is 0 Å². The van der Waals surface area contributed by atoms with Crippen LogP contribution < -0.4 is 4.90 Å². The SMILES string of the molecule is CCOC(=O)/C=C1\SCC(=O)N1CCN1CCN(c2cc(Cl)ccc2C)CC1. The zero-order valence-corrected chi connectivity index (χ0v) is 17.9. The first kappa shape index (κ1) is 21.0. The van der Waals surface area contributed by atoms with Gasteiger partial charge in [0.1, 0.15) is 0 Å². The van der Waals surface area contributed by atoms with E-state index in [9.17, 15) is 9.59 Å². The van der Waals surface area contributed by atoms with Gasteiger partial charge in [-0.2, -0.15) is 0 Å². The molecule has 6 nitrogen and oxygen atoms in total. The van der Waals surface area contributed by atoms with Gasteiger partial charge in [-0.1, -0.05) is 29.4 Å². The standard InChI is InChI=1S/C20H26ClN3O3S/c1-3-27-20(26)13-19-24(18(25)14-28-19)11-8-22-6-9-23(10-7-22)17-12-16(21)5-4-15(17)2/h4-5,12-13H,3,6-11,14H2,1-2H3/b19-13-. The maximum atomic E-state index is 12.2. The highest BCUT2D eigenvalue weighted by molar-refractivity contribution is 8.04. The van der Waals surface area contributed by atoms with Crippen LogP contribution in [0.1, 0.15) is 12.5 Å². The topological polar surface area (TPSA) is 53.1 Å². The number of rotatable bonds is 6. The van der Waals surface area contributed by atoms with Crippen molar-refractivity contribution in [2.24, 2.45) is 0 Å². The molecular formula is C20H26ClN3O3S. The first-order chi connectivity index (χ1) is 13.5. The molecule has 1 aromatic carbocycles. The molecule has 0 aliphatic carbocycles. The highest BCUT2D eigenvalue weighted by atomic mass is 35.5. The molecule has 28 heavy (non-hydrogen) atoms. The van der Waals surface area contributed by atoms with E-state index in [1.165, 1.54) is 29.1 Å². The summed E-state index contributed by atoms with van der Waals surface area (Å²) in [4.78, 5) is 30.3. The molecule has 1 amide bonds. The van der Waals surface area contributed by atoms with E-state index in [-0.39, 0.29) is 5.91 Å². The van der Waals surface area contributed by atoms with Crippen molar-refractivity contribution in [2.45, 2.75) is 13.8 Å². The molecule has 3 rings (SSSR count). The lowest BCUT2D eigenvalue weighted by Gasteiger charge is -2.37. The Morgan fingerprint density at radius 2 is 2.00 bits per heavy atom. The van der Waals surface area contributed by atoms with Crippen LogP contribution in [0.2, 0.25) is 5.02 Å². The fourth-order valence-corrected chi connectivity index (χ4v) is 4.55. The van der Waals surface area contributed by atoms with Gasteiger partial charge in [0.15, 0.2) is 0 Å². The van der Waals surface area contributed by atoms with Gasteiger partial charge >= 0.3 is 5.97 Å². The van der Waals surface area contributed by atoms with E-state index < -0.39 is 5.97 Å². The summed E-state index contributed by atoms with van der Waals surface area (Å²) in [5.74, 6) is 0.0384. The normalized spacial score (nSPS) is 19.5. The number of aryl methyl sites for hydroxylation is 1. The minimum absolute atomic E-state index is 0.0498. The first-order valence-corrected chi connectivity index (χ1v) is 10.9. The molecule has 0 N–H and O–H groups in total. The third-order valence-electron chi connectivity index (χ3n) is 4.96. The van der Waals surface area contributed by atoms with Crippen LogP contribution in [0.5, 0.6) is 0 Å². The predicted octanol–water partition coefficient (Wildman–Crippen LogP) is 2.75. The van der Waals surface area contributed by atoms with E-state index in [1.54, 1.807) is 11.8 Å². The Kier molecular flexibility index (Phi) is 7.26. The molecule has 0 bridgehead atoms. The van der Waals surface area contributed by atoms with Crippen LogP contribution in [0.15, 0.2) is 29.3 Å². The Labute approximate surface area is 175 Å². The number of benzene rings is 1. The van der Waals surface area contributed by atoms with Crippen molar-refractivity contribution in [1.82, 2.24) is 9.80 Å². The zero-order chi connectivity index (χ0) is 20.1. The summed E-state index contributed by atoms with van der Waals surface area (Å²) in [5, 5.41) is 1.45. The monoisotopic (exact) mass is 423 g/mol. The molecule has 0 spiro atoms. The summed E-state index contributed by atoms with van der Waals surface area (Å²) in [5.41, 5.74) is 2.42. The average Bonchev–Trinajstić information content (AvgIpc) is 3.02. The number of ether oxygens (including phenoxy) is 1. The Morgan fingerprint density at radius 1 is 1.25 bits per heavy atom. The summed E-state index contributed by atoms with van der Waals surface area (Å²) < 4.78 is 4.96. The van der Waals surface area contributed by atoms with Gasteiger partial charge in [-0.25, -0.2) is 4.79 Å². The number of carbonyl (C=O) groups excluding carboxylic acids is 2. The molecule has 1 aromatic rings. The maximum absolute atomic E-state index is 12.2. The molecule has 152 valence electrons. The van der Waals surface area contributed by atoms with Gasteiger partial charge in [0, 0.05) is 50.0 Å². The summed E-state index contributed by atoms with van der Waals surface area (Å²) in [6, 6.07) is 6.00. The number of anilines is 1. The summed E-state index contributed by atoms with van der Waals surface area (Å²) >= 11 is 7.55. The van der Waals surface area contributed by atoms with Crippen LogP contribution in [0.3, 0.4) is 0 Å². The molecular weight excluding hydrogens is 398 g/mol. The van der Waals surface area contributed by atoms with Crippen LogP contribution in [0.25, 0.3) is 0 Å². The van der Waals surface area contributed by atoms with E-state index in [2.05, 4.69) is 22.8 Å². The second-order valence-electron chi connectivity index (χ2n) is 6.83. The van der Waals surface area contributed by atoms with Crippen molar-refractivity contribution < 1.29 is 14.3 Å². The number of hydrogen-bond acceptors (Lipinski definition) is 6. The van der Waals surface area contributed by atoms with E-state index in [1.807, 2.05) is 12.1 Å². The Bertz CT molecular complexity index is 763. The van der Waals surface area contributed by atoms with Gasteiger partial charge in [-0.05, 0) is 31.5 Å². The molecule has 0 saturated carbocycles. The van der Waals surface area contributed by atoms with Crippen LogP contribution in [-0.2, 0) is 14.3 Å². The number of nitrogens with zero attached hydrogens (tertiary/aromatic N) is 3. The predicted molar refractivity (Wildman–Crippen MR) is 114 cm³/mol. The maximum Gasteiger partial charge on any atom is 0.333 e. The summed E-state index contributed by atoms with van der Waals surface area (Å²) in [6.45, 7) is 9.29. The number of piperazine rings is 1. The average molecular weight is 424 g/mol. The van der Waals surface area contributed by atoms with Gasteiger partial charge < -0.3 is 14.5 Å². The second-order valence-corrected chi connectivity index (χ2v) is 8.26. The van der Waals surface area contributed by atoms with E-state index in [4.69, 9.17) is 16.3 Å². The molecule has 2 fully saturated rings. The fraction of sp³-hybridized carbons (Fsp3) is 0.500. The van der Waals surface area contributed by atoms with Crippen molar-refractivity contribution in [3.63, 3.8) is 0 Å². The molecule has 0 atom stereocenters. The molecule has 2 saturated heterocycles. The van der Waals surface area contributed by atoms with E-state index in [0.717, 1.165) is 37.7 Å². The number of thioether (sulfide) groups is 1. The van der Waals surface area contributed by atoms with Crippen molar-refractivity contribution in [2.75, 3.05) is 56.5 Å². The highest BCUT2D eigenvalue weighted by Crippen LogP contribution is 2.29. The molecule has 2 aliphatic rings. The van der Waals surface area contributed by atoms with Crippen LogP contribution in [0, 0.1) is 6.92 Å². The smallest absolute Gasteiger partial charge is 0.333 e. The fourth-order valence-electron chi connectivity index (χ4n) is 3.43. The number of carbonyl (C=O) groups is 2. The lowest BCUT2D eigenvalue weighted by Crippen LogP contribution is -2.48. The third-order valence-corrected chi connectivity index (χ3v) is 6.22. The number of esters is 1. The number of hydrogen-bond donors (Lipinski definition) is 0. The van der Waals surface area contributed by atoms with Crippen molar-refractivity contribution in [1.29, 1.82) is 0 Å². The number of amides is 1. The lowest BCUT2D eigenvalue weighted by molar-refractivity contribution is -0.137. The van der Waals surface area contributed by atoms with Crippen LogP contribution in [-0.4, -0.2) is 73.3 Å².